The van der Waals surface area contributed by atoms with Crippen LogP contribution in [0.15, 0.2) is 65.8 Å². The molecular weight excluding hydrogens is 168 g/mol. The van der Waals surface area contributed by atoms with Gasteiger partial charge in [0.15, 0.2) is 0 Å². The Morgan fingerprint density at radius 3 is 1.93 bits per heavy atom. The van der Waals surface area contributed by atoms with E-state index in [1.165, 1.54) is 16.7 Å². The zero-order valence-electron chi connectivity index (χ0n) is 8.20. The highest BCUT2D eigenvalue weighted by Gasteiger charge is 2.38. The molecule has 2 bridgehead atoms. The molecule has 68 valence electrons. The van der Waals surface area contributed by atoms with Gasteiger partial charge in [-0.3, -0.25) is 0 Å². The summed E-state index contributed by atoms with van der Waals surface area (Å²) >= 11 is 0. The van der Waals surface area contributed by atoms with Gasteiger partial charge >= 0.3 is 0 Å². The maximum Gasteiger partial charge on any atom is 0.0423 e. The molecule has 0 saturated heterocycles. The first-order valence-electron chi connectivity index (χ1n) is 4.98. The van der Waals surface area contributed by atoms with Crippen LogP contribution in [0.5, 0.6) is 0 Å². The molecule has 1 aromatic rings. The Labute approximate surface area is 84.3 Å². The summed E-state index contributed by atoms with van der Waals surface area (Å²) in [5.74, 6) is 0. The van der Waals surface area contributed by atoms with Gasteiger partial charge in [0.05, 0.1) is 0 Å². The molecule has 2 aliphatic rings. The van der Waals surface area contributed by atoms with Gasteiger partial charge in [0, 0.05) is 5.41 Å². The van der Waals surface area contributed by atoms with Crippen molar-refractivity contribution in [3.8, 4) is 0 Å². The monoisotopic (exact) mass is 180 g/mol. The van der Waals surface area contributed by atoms with Crippen LogP contribution in [0, 0.1) is 0 Å². The summed E-state index contributed by atoms with van der Waals surface area (Å²) in [6.45, 7) is 2.30. The molecule has 0 atom stereocenters. The third kappa shape index (κ3) is 0.784. The van der Waals surface area contributed by atoms with Crippen LogP contribution in [0.25, 0.3) is 0 Å². The molecule has 0 nitrogen and oxygen atoms in total. The first-order chi connectivity index (χ1) is 6.82. The van der Waals surface area contributed by atoms with Crippen molar-refractivity contribution in [3.05, 3.63) is 71.3 Å². The van der Waals surface area contributed by atoms with Gasteiger partial charge in [-0.05, 0) is 23.6 Å². The lowest BCUT2D eigenvalue weighted by Crippen LogP contribution is -2.19. The van der Waals surface area contributed by atoms with Gasteiger partial charge in [0.2, 0.25) is 0 Å². The molecule has 0 amide bonds. The van der Waals surface area contributed by atoms with E-state index in [-0.39, 0.29) is 5.41 Å². The average molecular weight is 180 g/mol. The Morgan fingerprint density at radius 2 is 1.43 bits per heavy atom. The first kappa shape index (κ1) is 7.81. The van der Waals surface area contributed by atoms with Gasteiger partial charge in [-0.15, -0.1) is 0 Å². The molecule has 1 aromatic carbocycles. The second kappa shape index (κ2) is 2.48. The lowest BCUT2D eigenvalue weighted by molar-refractivity contribution is 0.722. The van der Waals surface area contributed by atoms with Crippen LogP contribution in [0.1, 0.15) is 12.5 Å². The van der Waals surface area contributed by atoms with Gasteiger partial charge < -0.3 is 0 Å². The van der Waals surface area contributed by atoms with E-state index in [1.54, 1.807) is 0 Å². The van der Waals surface area contributed by atoms with Crippen molar-refractivity contribution in [2.45, 2.75) is 12.3 Å². The highest BCUT2D eigenvalue weighted by Crippen LogP contribution is 2.48. The van der Waals surface area contributed by atoms with Crippen molar-refractivity contribution < 1.29 is 0 Å². The molecule has 0 aliphatic heterocycles. The minimum absolute atomic E-state index is 0.126. The van der Waals surface area contributed by atoms with E-state index in [0.29, 0.717) is 0 Å². The quantitative estimate of drug-likeness (QED) is 0.621. The third-order valence-electron chi connectivity index (χ3n) is 3.39. The van der Waals surface area contributed by atoms with Crippen LogP contribution in [0.3, 0.4) is 0 Å². The van der Waals surface area contributed by atoms with Crippen LogP contribution in [-0.2, 0) is 5.41 Å². The van der Waals surface area contributed by atoms with Gasteiger partial charge in [0.25, 0.3) is 0 Å². The molecule has 0 heteroatoms. The van der Waals surface area contributed by atoms with Crippen LogP contribution >= 0.6 is 0 Å². The molecule has 0 aromatic heterocycles. The van der Waals surface area contributed by atoms with Crippen LogP contribution in [-0.4, -0.2) is 0 Å². The minimum Gasteiger partial charge on any atom is -0.0622 e. The molecule has 2 aliphatic carbocycles. The minimum atomic E-state index is 0.126. The van der Waals surface area contributed by atoms with E-state index < -0.39 is 0 Å². The Balaban J connectivity index is 2.18. The number of allylic oxidation sites excluding steroid dienone is 6. The van der Waals surface area contributed by atoms with Gasteiger partial charge in [-0.2, -0.15) is 0 Å². The third-order valence-corrected chi connectivity index (χ3v) is 3.39. The second-order valence-electron chi connectivity index (χ2n) is 4.07. The maximum atomic E-state index is 2.30. The van der Waals surface area contributed by atoms with E-state index in [0.717, 1.165) is 0 Å². The van der Waals surface area contributed by atoms with Crippen LogP contribution < -0.4 is 0 Å². The highest BCUT2D eigenvalue weighted by molar-refractivity contribution is 5.65. The number of rotatable bonds is 1. The van der Waals surface area contributed by atoms with Gasteiger partial charge in [-0.1, -0.05) is 54.6 Å². The van der Waals surface area contributed by atoms with E-state index in [2.05, 4.69) is 61.6 Å². The molecule has 0 radical (unpaired) electrons. The van der Waals surface area contributed by atoms with Crippen molar-refractivity contribution in [1.29, 1.82) is 0 Å². The van der Waals surface area contributed by atoms with E-state index >= 15 is 0 Å². The molecule has 3 rings (SSSR count). The summed E-state index contributed by atoms with van der Waals surface area (Å²) in [5, 5.41) is 0. The van der Waals surface area contributed by atoms with Crippen molar-refractivity contribution in [1.82, 2.24) is 0 Å². The normalized spacial score (nSPS) is 20.9. The van der Waals surface area contributed by atoms with Crippen LogP contribution in [0.2, 0.25) is 0 Å². The molecule has 0 unspecified atom stereocenters. The van der Waals surface area contributed by atoms with Gasteiger partial charge in [-0.25, -0.2) is 0 Å². The summed E-state index contributed by atoms with van der Waals surface area (Å²) in [7, 11) is 0. The van der Waals surface area contributed by atoms with Crippen molar-refractivity contribution in [3.63, 3.8) is 0 Å². The maximum absolute atomic E-state index is 2.30. The fourth-order valence-electron chi connectivity index (χ4n) is 2.41. The molecule has 0 fully saturated rings. The van der Waals surface area contributed by atoms with Gasteiger partial charge in [0.1, 0.15) is 0 Å². The first-order valence-corrected chi connectivity index (χ1v) is 4.98. The Hall–Kier alpha value is -1.56. The predicted molar refractivity (Wildman–Crippen MR) is 59.1 cm³/mol. The number of hydrogen-bond acceptors (Lipinski definition) is 0. The van der Waals surface area contributed by atoms with E-state index in [4.69, 9.17) is 0 Å². The van der Waals surface area contributed by atoms with E-state index in [1.807, 2.05) is 0 Å². The zero-order valence-corrected chi connectivity index (χ0v) is 8.20. The molecule has 14 heavy (non-hydrogen) atoms. The number of benzene rings is 1. The van der Waals surface area contributed by atoms with E-state index in [9.17, 15) is 0 Å². The average Bonchev–Trinajstić information content (AvgIpc) is 2.75. The second-order valence-corrected chi connectivity index (χ2v) is 4.07. The molecule has 0 N–H and O–H groups in total. The SMILES string of the molecule is CC1(c2ccccc2)C2=CC=C1C=C2. The Morgan fingerprint density at radius 1 is 0.857 bits per heavy atom. The molecule has 0 heterocycles. The summed E-state index contributed by atoms with van der Waals surface area (Å²) < 4.78 is 0. The number of fused-ring (bicyclic) bond motifs is 2. The lowest BCUT2D eigenvalue weighted by Gasteiger charge is -2.25. The fraction of sp³-hybridized carbons (Fsp3) is 0.143. The van der Waals surface area contributed by atoms with Crippen molar-refractivity contribution >= 4 is 0 Å². The van der Waals surface area contributed by atoms with Crippen LogP contribution in [0.4, 0.5) is 0 Å². The smallest absolute Gasteiger partial charge is 0.0423 e. The summed E-state index contributed by atoms with van der Waals surface area (Å²) in [6.07, 6.45) is 8.90. The molecule has 0 spiro atoms. The lowest BCUT2D eigenvalue weighted by atomic mass is 9.77. The van der Waals surface area contributed by atoms with Crippen molar-refractivity contribution in [2.24, 2.45) is 0 Å². The zero-order chi connectivity index (χ0) is 9.60. The largest absolute Gasteiger partial charge is 0.0622 e. The standard InChI is InChI=1S/C14H12/c1-14(11-5-3-2-4-6-11)12-7-8-13(14)10-9-12/h2-10H,1H3. The van der Waals surface area contributed by atoms with Crippen molar-refractivity contribution in [2.75, 3.05) is 0 Å². The summed E-state index contributed by atoms with van der Waals surface area (Å²) in [6, 6.07) is 10.7. The topological polar surface area (TPSA) is 0 Å². The summed E-state index contributed by atoms with van der Waals surface area (Å²) in [5.41, 5.74) is 4.35. The fourth-order valence-corrected chi connectivity index (χ4v) is 2.41. The Kier molecular flexibility index (Phi) is 1.38. The molecule has 0 saturated carbocycles. The predicted octanol–water partition coefficient (Wildman–Crippen LogP) is 3.38. The number of hydrogen-bond donors (Lipinski definition) is 0. The molecular formula is C14H12. The summed E-state index contributed by atoms with van der Waals surface area (Å²) in [4.78, 5) is 0. The highest BCUT2D eigenvalue weighted by atomic mass is 14.4. The Bertz CT molecular complexity index is 436.